The summed E-state index contributed by atoms with van der Waals surface area (Å²) in [5.41, 5.74) is 0.318. The number of rotatable bonds is 7. The van der Waals surface area contributed by atoms with Crippen LogP contribution in [0.15, 0.2) is 18.2 Å². The van der Waals surface area contributed by atoms with Gasteiger partial charge in [-0.2, -0.15) is 5.26 Å². The Labute approximate surface area is 171 Å². The normalized spacial score (nSPS) is 30.8. The Morgan fingerprint density at radius 1 is 1.24 bits per heavy atom. The molecule has 0 radical (unpaired) electrons. The van der Waals surface area contributed by atoms with Gasteiger partial charge in [0.1, 0.15) is 17.7 Å². The zero-order valence-corrected chi connectivity index (χ0v) is 17.0. The molecule has 2 N–H and O–H groups in total. The number of halogens is 2. The third-order valence-corrected chi connectivity index (χ3v) is 7.43. The van der Waals surface area contributed by atoms with Crippen molar-refractivity contribution in [2.24, 2.45) is 17.8 Å². The Kier molecular flexibility index (Phi) is 5.61. The van der Waals surface area contributed by atoms with Crippen molar-refractivity contribution in [2.45, 2.75) is 63.5 Å². The maximum absolute atomic E-state index is 14.1. The van der Waals surface area contributed by atoms with E-state index in [0.717, 1.165) is 43.1 Å². The predicted octanol–water partition coefficient (Wildman–Crippen LogP) is 3.30. The minimum absolute atomic E-state index is 0.0385. The molecule has 4 saturated carbocycles. The lowest BCUT2D eigenvalue weighted by atomic mass is 9.52. The van der Waals surface area contributed by atoms with Crippen LogP contribution in [0.3, 0.4) is 0 Å². The first kappa shape index (κ1) is 20.3. The van der Waals surface area contributed by atoms with Gasteiger partial charge < -0.3 is 10.2 Å². The van der Waals surface area contributed by atoms with Crippen LogP contribution in [0, 0.1) is 40.7 Å². The molecule has 0 unspecified atom stereocenters. The molecular formula is C23H30F2N3O+. The van der Waals surface area contributed by atoms with Gasteiger partial charge in [0.2, 0.25) is 0 Å². The molecule has 6 heteroatoms. The number of benzene rings is 1. The van der Waals surface area contributed by atoms with Gasteiger partial charge in [-0.05, 0) is 75.3 Å². The Balaban J connectivity index is 1.46. The molecule has 4 bridgehead atoms. The van der Waals surface area contributed by atoms with E-state index in [-0.39, 0.29) is 24.0 Å². The van der Waals surface area contributed by atoms with E-state index in [1.165, 1.54) is 31.4 Å². The van der Waals surface area contributed by atoms with Crippen LogP contribution in [-0.4, -0.2) is 29.4 Å². The van der Waals surface area contributed by atoms with E-state index in [2.05, 4.69) is 6.07 Å². The van der Waals surface area contributed by atoms with Gasteiger partial charge in [-0.3, -0.25) is 4.79 Å². The molecule has 0 aliphatic heterocycles. The minimum atomic E-state index is -0.598. The number of nitrogens with zero attached hydrogens (tertiary/aromatic N) is 2. The van der Waals surface area contributed by atoms with E-state index >= 15 is 0 Å². The summed E-state index contributed by atoms with van der Waals surface area (Å²) in [7, 11) is 0. The summed E-state index contributed by atoms with van der Waals surface area (Å²) < 4.78 is 27.2. The molecule has 0 saturated heterocycles. The van der Waals surface area contributed by atoms with Crippen LogP contribution in [0.2, 0.25) is 0 Å². The number of amides is 1. The van der Waals surface area contributed by atoms with Crippen molar-refractivity contribution in [3.05, 3.63) is 35.4 Å². The molecule has 4 aliphatic carbocycles. The molecule has 4 fully saturated rings. The highest BCUT2D eigenvalue weighted by Crippen LogP contribution is 2.57. The number of hydrogen-bond donors (Lipinski definition) is 1. The Morgan fingerprint density at radius 3 is 2.41 bits per heavy atom. The molecule has 0 heterocycles. The molecule has 0 aromatic heterocycles. The van der Waals surface area contributed by atoms with Crippen LogP contribution in [0.5, 0.6) is 0 Å². The fraction of sp³-hybridized carbons (Fsp3) is 0.652. The highest BCUT2D eigenvalue weighted by atomic mass is 19.1. The van der Waals surface area contributed by atoms with E-state index in [4.69, 9.17) is 5.26 Å². The van der Waals surface area contributed by atoms with Gasteiger partial charge in [0, 0.05) is 23.7 Å². The van der Waals surface area contributed by atoms with Gasteiger partial charge in [0.25, 0.3) is 5.91 Å². The van der Waals surface area contributed by atoms with Crippen LogP contribution in [-0.2, 0) is 4.79 Å². The average molecular weight is 403 g/mol. The molecule has 1 atom stereocenters. The molecule has 5 rings (SSSR count). The minimum Gasteiger partial charge on any atom is -0.332 e. The van der Waals surface area contributed by atoms with Crippen molar-refractivity contribution in [1.29, 1.82) is 5.26 Å². The summed E-state index contributed by atoms with van der Waals surface area (Å²) in [6.07, 6.45) is 7.44. The number of nitrogens with two attached hydrogens (primary N) is 1. The second-order valence-corrected chi connectivity index (χ2v) is 9.49. The van der Waals surface area contributed by atoms with Crippen molar-refractivity contribution in [1.82, 2.24) is 4.90 Å². The molecular weight excluding hydrogens is 372 g/mol. The summed E-state index contributed by atoms with van der Waals surface area (Å²) in [6.45, 7) is 2.52. The predicted molar refractivity (Wildman–Crippen MR) is 104 cm³/mol. The van der Waals surface area contributed by atoms with Crippen molar-refractivity contribution in [2.75, 3.05) is 13.1 Å². The third-order valence-electron chi connectivity index (χ3n) is 7.43. The fourth-order valence-corrected chi connectivity index (χ4v) is 6.57. The van der Waals surface area contributed by atoms with E-state index in [1.807, 2.05) is 17.1 Å². The van der Waals surface area contributed by atoms with Crippen LogP contribution in [0.1, 0.15) is 63.5 Å². The second-order valence-electron chi connectivity index (χ2n) is 9.49. The lowest BCUT2D eigenvalue weighted by molar-refractivity contribution is -0.683. The number of nitriles is 1. The number of quaternary nitrogens is 1. The molecule has 4 nitrogen and oxygen atoms in total. The smallest absolute Gasteiger partial charge is 0.278 e. The van der Waals surface area contributed by atoms with Gasteiger partial charge in [-0.1, -0.05) is 0 Å². The molecule has 4 aliphatic rings. The van der Waals surface area contributed by atoms with Gasteiger partial charge in [-0.25, -0.2) is 8.78 Å². The van der Waals surface area contributed by atoms with Crippen molar-refractivity contribution >= 4 is 5.91 Å². The standard InChI is InChI=1S/C23H29F2N3O/c1-15(20-4-3-19(24)10-21(20)25)27-14-22(29)28(6-2-5-26)23-11-16-7-17(12-23)9-18(8-16)13-23/h3-4,10,15-18,27H,2,6-9,11-14H2,1H3/p+1/t15-,16?,17?,18?,23?/m0/s1. The van der Waals surface area contributed by atoms with E-state index < -0.39 is 11.6 Å². The summed E-state index contributed by atoms with van der Waals surface area (Å²) in [6, 6.07) is 5.50. The fourth-order valence-electron chi connectivity index (χ4n) is 6.57. The quantitative estimate of drug-likeness (QED) is 0.761. The summed E-state index contributed by atoms with van der Waals surface area (Å²) in [5, 5.41) is 10.9. The number of carbonyl (C=O) groups excluding carboxylic acids is 1. The SMILES string of the molecule is C[C@H]([NH2+]CC(=O)N(CCC#N)C12CC3CC(CC(C3)C1)C2)c1ccc(F)cc1F. The Morgan fingerprint density at radius 2 is 1.86 bits per heavy atom. The van der Waals surface area contributed by atoms with Gasteiger partial charge >= 0.3 is 0 Å². The zero-order chi connectivity index (χ0) is 20.6. The van der Waals surface area contributed by atoms with Gasteiger partial charge in [0.15, 0.2) is 6.54 Å². The monoisotopic (exact) mass is 402 g/mol. The summed E-state index contributed by atoms with van der Waals surface area (Å²) in [4.78, 5) is 15.3. The van der Waals surface area contributed by atoms with Crippen molar-refractivity contribution in [3.63, 3.8) is 0 Å². The molecule has 1 aromatic carbocycles. The molecule has 29 heavy (non-hydrogen) atoms. The largest absolute Gasteiger partial charge is 0.332 e. The first-order valence-electron chi connectivity index (χ1n) is 10.9. The Hall–Kier alpha value is -2.00. The van der Waals surface area contributed by atoms with Crippen LogP contribution in [0.25, 0.3) is 0 Å². The summed E-state index contributed by atoms with van der Waals surface area (Å²) >= 11 is 0. The van der Waals surface area contributed by atoms with Crippen LogP contribution in [0.4, 0.5) is 8.78 Å². The van der Waals surface area contributed by atoms with Gasteiger partial charge in [0.05, 0.1) is 12.5 Å². The van der Waals surface area contributed by atoms with Gasteiger partial charge in [-0.15, -0.1) is 0 Å². The molecule has 156 valence electrons. The lowest BCUT2D eigenvalue weighted by Crippen LogP contribution is -2.87. The van der Waals surface area contributed by atoms with Crippen molar-refractivity contribution < 1.29 is 18.9 Å². The van der Waals surface area contributed by atoms with E-state index in [1.54, 1.807) is 0 Å². The number of hydrogen-bond acceptors (Lipinski definition) is 2. The Bertz CT molecular complexity index is 784. The topological polar surface area (TPSA) is 60.7 Å². The van der Waals surface area contributed by atoms with E-state index in [0.29, 0.717) is 18.5 Å². The molecule has 1 aromatic rings. The molecule has 0 spiro atoms. The maximum atomic E-state index is 14.1. The van der Waals surface area contributed by atoms with Crippen LogP contribution >= 0.6 is 0 Å². The maximum Gasteiger partial charge on any atom is 0.278 e. The zero-order valence-electron chi connectivity index (χ0n) is 17.0. The van der Waals surface area contributed by atoms with Crippen LogP contribution < -0.4 is 5.32 Å². The average Bonchev–Trinajstić information content (AvgIpc) is 2.65. The first-order valence-corrected chi connectivity index (χ1v) is 10.9. The highest BCUT2D eigenvalue weighted by molar-refractivity contribution is 5.78. The highest BCUT2D eigenvalue weighted by Gasteiger charge is 2.54. The van der Waals surface area contributed by atoms with E-state index in [9.17, 15) is 13.6 Å². The van der Waals surface area contributed by atoms with Crippen molar-refractivity contribution in [3.8, 4) is 6.07 Å². The number of carbonyl (C=O) groups is 1. The first-order chi connectivity index (χ1) is 13.9. The third kappa shape index (κ3) is 4.02. The second kappa shape index (κ2) is 8.02. The lowest BCUT2D eigenvalue weighted by Gasteiger charge is -2.60. The summed E-state index contributed by atoms with van der Waals surface area (Å²) in [5.74, 6) is 1.01. The molecule has 1 amide bonds.